The highest BCUT2D eigenvalue weighted by molar-refractivity contribution is 6.33. The number of nitrogens with one attached hydrogen (secondary N) is 1. The molecule has 0 saturated carbocycles. The Balaban J connectivity index is 2.50. The molecule has 0 aromatic heterocycles. The van der Waals surface area contributed by atoms with Gasteiger partial charge < -0.3 is 10.1 Å². The second kappa shape index (κ2) is 7.69. The summed E-state index contributed by atoms with van der Waals surface area (Å²) in [6.45, 7) is 5.48. The van der Waals surface area contributed by atoms with Crippen molar-refractivity contribution in [2.75, 3.05) is 13.2 Å². The highest BCUT2D eigenvalue weighted by Gasteiger charge is 2.20. The summed E-state index contributed by atoms with van der Waals surface area (Å²) in [5.74, 6) is 0.863. The molecule has 2 nitrogen and oxygen atoms in total. The lowest BCUT2D eigenvalue weighted by molar-refractivity contribution is 0.333. The van der Waals surface area contributed by atoms with Gasteiger partial charge >= 0.3 is 0 Å². The zero-order valence-corrected chi connectivity index (χ0v) is 13.7. The lowest BCUT2D eigenvalue weighted by atomic mass is 9.97. The number of hydrogen-bond acceptors (Lipinski definition) is 2. The summed E-state index contributed by atoms with van der Waals surface area (Å²) >= 11 is 12.5. The van der Waals surface area contributed by atoms with Crippen LogP contribution in [0.2, 0.25) is 10.0 Å². The zero-order valence-electron chi connectivity index (χ0n) is 12.2. The average molecular weight is 324 g/mol. The molecule has 0 bridgehead atoms. The topological polar surface area (TPSA) is 21.3 Å². The molecule has 0 fully saturated rings. The monoisotopic (exact) mass is 323 g/mol. The van der Waals surface area contributed by atoms with Gasteiger partial charge in [0.05, 0.1) is 12.6 Å². The molecule has 2 aromatic carbocycles. The van der Waals surface area contributed by atoms with Crippen molar-refractivity contribution in [3.8, 4) is 5.75 Å². The van der Waals surface area contributed by atoms with Gasteiger partial charge in [0, 0.05) is 15.6 Å². The SMILES string of the molecule is CCNC(c1cc(Cl)ccc1Cl)c1ccccc1OCC. The Morgan fingerprint density at radius 2 is 1.81 bits per heavy atom. The van der Waals surface area contributed by atoms with Crippen LogP contribution in [0.4, 0.5) is 0 Å². The standard InChI is InChI=1S/C17H19Cl2NO/c1-3-20-17(14-11-12(18)9-10-15(14)19)13-7-5-6-8-16(13)21-4-2/h5-11,17,20H,3-4H2,1-2H3. The summed E-state index contributed by atoms with van der Waals surface area (Å²) in [5.41, 5.74) is 2.02. The summed E-state index contributed by atoms with van der Waals surface area (Å²) in [4.78, 5) is 0. The van der Waals surface area contributed by atoms with Crippen LogP contribution >= 0.6 is 23.2 Å². The first-order chi connectivity index (χ1) is 10.2. The van der Waals surface area contributed by atoms with E-state index in [1.807, 2.05) is 37.3 Å². The van der Waals surface area contributed by atoms with Gasteiger partial charge in [-0.3, -0.25) is 0 Å². The first kappa shape index (κ1) is 16.2. The molecule has 1 N–H and O–H groups in total. The van der Waals surface area contributed by atoms with Crippen molar-refractivity contribution in [1.82, 2.24) is 5.32 Å². The van der Waals surface area contributed by atoms with E-state index >= 15 is 0 Å². The number of benzene rings is 2. The maximum Gasteiger partial charge on any atom is 0.124 e. The minimum absolute atomic E-state index is 0.0519. The quantitative estimate of drug-likeness (QED) is 0.799. The molecular weight excluding hydrogens is 305 g/mol. The van der Waals surface area contributed by atoms with Crippen molar-refractivity contribution in [3.63, 3.8) is 0 Å². The van der Waals surface area contributed by atoms with Gasteiger partial charge in [0.1, 0.15) is 5.75 Å². The Labute approximate surface area is 136 Å². The highest BCUT2D eigenvalue weighted by atomic mass is 35.5. The number of halogens is 2. The Hall–Kier alpha value is -1.22. The van der Waals surface area contributed by atoms with Crippen molar-refractivity contribution in [1.29, 1.82) is 0 Å². The van der Waals surface area contributed by atoms with E-state index in [0.29, 0.717) is 16.7 Å². The molecule has 0 aliphatic heterocycles. The van der Waals surface area contributed by atoms with Crippen LogP contribution in [0, 0.1) is 0 Å². The second-order valence-electron chi connectivity index (χ2n) is 4.63. The Morgan fingerprint density at radius 3 is 2.52 bits per heavy atom. The van der Waals surface area contributed by atoms with Crippen LogP contribution in [0.15, 0.2) is 42.5 Å². The van der Waals surface area contributed by atoms with Crippen molar-refractivity contribution in [2.45, 2.75) is 19.9 Å². The van der Waals surface area contributed by atoms with E-state index in [-0.39, 0.29) is 6.04 Å². The Morgan fingerprint density at radius 1 is 1.05 bits per heavy atom. The molecule has 0 aliphatic carbocycles. The lowest BCUT2D eigenvalue weighted by Crippen LogP contribution is -2.23. The van der Waals surface area contributed by atoms with E-state index in [9.17, 15) is 0 Å². The van der Waals surface area contributed by atoms with E-state index in [0.717, 1.165) is 23.4 Å². The summed E-state index contributed by atoms with van der Waals surface area (Å²) in [6, 6.07) is 13.5. The summed E-state index contributed by atoms with van der Waals surface area (Å²) in [6.07, 6.45) is 0. The first-order valence-corrected chi connectivity index (χ1v) is 7.83. The Kier molecular flexibility index (Phi) is 5.92. The largest absolute Gasteiger partial charge is 0.494 e. The number of hydrogen-bond donors (Lipinski definition) is 1. The fourth-order valence-corrected chi connectivity index (χ4v) is 2.74. The molecule has 2 aromatic rings. The third kappa shape index (κ3) is 3.91. The molecule has 0 amide bonds. The van der Waals surface area contributed by atoms with Crippen LogP contribution < -0.4 is 10.1 Å². The lowest BCUT2D eigenvalue weighted by Gasteiger charge is -2.23. The smallest absolute Gasteiger partial charge is 0.124 e. The normalized spacial score (nSPS) is 12.2. The van der Waals surface area contributed by atoms with Crippen molar-refractivity contribution in [3.05, 3.63) is 63.6 Å². The van der Waals surface area contributed by atoms with E-state index in [1.165, 1.54) is 0 Å². The Bertz CT molecular complexity index is 601. The molecule has 0 heterocycles. The van der Waals surface area contributed by atoms with E-state index < -0.39 is 0 Å². The minimum atomic E-state index is -0.0519. The van der Waals surface area contributed by atoms with Crippen LogP contribution in [-0.2, 0) is 0 Å². The third-order valence-corrected chi connectivity index (χ3v) is 3.79. The van der Waals surface area contributed by atoms with E-state index in [2.05, 4.69) is 18.3 Å². The van der Waals surface area contributed by atoms with Gasteiger partial charge in [0.15, 0.2) is 0 Å². The predicted octanol–water partition coefficient (Wildman–Crippen LogP) is 5.09. The van der Waals surface area contributed by atoms with E-state index in [4.69, 9.17) is 27.9 Å². The minimum Gasteiger partial charge on any atom is -0.494 e. The van der Waals surface area contributed by atoms with Crippen LogP contribution in [-0.4, -0.2) is 13.2 Å². The van der Waals surface area contributed by atoms with Crippen LogP contribution in [0.3, 0.4) is 0 Å². The average Bonchev–Trinajstić information content (AvgIpc) is 2.49. The fraction of sp³-hybridized carbons (Fsp3) is 0.294. The van der Waals surface area contributed by atoms with Gasteiger partial charge in [-0.05, 0) is 43.3 Å². The molecule has 0 spiro atoms. The number of ether oxygens (including phenoxy) is 1. The molecule has 0 radical (unpaired) electrons. The molecular formula is C17H19Cl2NO. The van der Waals surface area contributed by atoms with E-state index in [1.54, 1.807) is 6.07 Å². The number of rotatable bonds is 6. The molecule has 0 saturated heterocycles. The van der Waals surface area contributed by atoms with Gasteiger partial charge in [-0.15, -0.1) is 0 Å². The van der Waals surface area contributed by atoms with Gasteiger partial charge in [-0.1, -0.05) is 48.3 Å². The second-order valence-corrected chi connectivity index (χ2v) is 5.47. The fourth-order valence-electron chi connectivity index (χ4n) is 2.33. The van der Waals surface area contributed by atoms with Crippen molar-refractivity contribution >= 4 is 23.2 Å². The summed E-state index contributed by atoms with van der Waals surface area (Å²) in [5, 5.41) is 4.82. The maximum atomic E-state index is 6.37. The molecule has 0 aliphatic rings. The van der Waals surface area contributed by atoms with Gasteiger partial charge in [-0.2, -0.15) is 0 Å². The first-order valence-electron chi connectivity index (χ1n) is 7.07. The summed E-state index contributed by atoms with van der Waals surface area (Å²) < 4.78 is 5.74. The molecule has 1 unspecified atom stereocenters. The van der Waals surface area contributed by atoms with Crippen molar-refractivity contribution < 1.29 is 4.74 Å². The van der Waals surface area contributed by atoms with Gasteiger partial charge in [-0.25, -0.2) is 0 Å². The predicted molar refractivity (Wildman–Crippen MR) is 89.6 cm³/mol. The number of para-hydroxylation sites is 1. The van der Waals surface area contributed by atoms with Gasteiger partial charge in [0.25, 0.3) is 0 Å². The molecule has 112 valence electrons. The maximum absolute atomic E-state index is 6.37. The molecule has 1 atom stereocenters. The van der Waals surface area contributed by atoms with Crippen molar-refractivity contribution in [2.24, 2.45) is 0 Å². The molecule has 21 heavy (non-hydrogen) atoms. The van der Waals surface area contributed by atoms with Crippen LogP contribution in [0.5, 0.6) is 5.75 Å². The third-order valence-electron chi connectivity index (χ3n) is 3.21. The zero-order chi connectivity index (χ0) is 15.2. The molecule has 4 heteroatoms. The molecule has 2 rings (SSSR count). The van der Waals surface area contributed by atoms with Gasteiger partial charge in [0.2, 0.25) is 0 Å². The highest BCUT2D eigenvalue weighted by Crippen LogP contribution is 2.34. The summed E-state index contributed by atoms with van der Waals surface area (Å²) in [7, 11) is 0. The van der Waals surface area contributed by atoms with Crippen LogP contribution in [0.25, 0.3) is 0 Å². The van der Waals surface area contributed by atoms with Crippen LogP contribution in [0.1, 0.15) is 31.0 Å².